The maximum atomic E-state index is 13.8. The minimum absolute atomic E-state index is 0.321. The number of aromatic nitrogens is 3. The molecule has 5 rings (SSSR count). The number of benzene rings is 3. The molecule has 31 heavy (non-hydrogen) atoms. The van der Waals surface area contributed by atoms with Gasteiger partial charge >= 0.3 is 6.01 Å². The SMILES string of the molecule is CN(C)Cc1ccc2oc(Nc3nc4cc(F)ccc4n3Cc3ccccc3)nc2c1. The molecule has 0 saturated carbocycles. The summed E-state index contributed by atoms with van der Waals surface area (Å²) < 4.78 is 21.7. The van der Waals surface area contributed by atoms with Crippen molar-refractivity contribution in [2.45, 2.75) is 13.1 Å². The molecule has 156 valence electrons. The number of nitrogens with zero attached hydrogens (tertiary/aromatic N) is 4. The van der Waals surface area contributed by atoms with Gasteiger partial charge in [0.05, 0.1) is 17.6 Å². The van der Waals surface area contributed by atoms with Gasteiger partial charge < -0.3 is 13.9 Å². The molecule has 2 aromatic heterocycles. The van der Waals surface area contributed by atoms with Gasteiger partial charge in [0.15, 0.2) is 5.58 Å². The summed E-state index contributed by atoms with van der Waals surface area (Å²) in [6.07, 6.45) is 0. The second-order valence-electron chi connectivity index (χ2n) is 7.82. The molecular formula is C24H22FN5O. The van der Waals surface area contributed by atoms with Crippen LogP contribution in [0.1, 0.15) is 11.1 Å². The lowest BCUT2D eigenvalue weighted by atomic mass is 10.2. The molecule has 0 aliphatic carbocycles. The van der Waals surface area contributed by atoms with Crippen LogP contribution in [0.25, 0.3) is 22.1 Å². The van der Waals surface area contributed by atoms with Crippen LogP contribution in [-0.4, -0.2) is 33.5 Å². The van der Waals surface area contributed by atoms with E-state index in [0.717, 1.165) is 28.7 Å². The number of imidazole rings is 1. The minimum atomic E-state index is -0.321. The van der Waals surface area contributed by atoms with Crippen molar-refractivity contribution in [3.8, 4) is 0 Å². The summed E-state index contributed by atoms with van der Waals surface area (Å²) >= 11 is 0. The molecule has 0 amide bonds. The van der Waals surface area contributed by atoms with Crippen molar-refractivity contribution in [3.05, 3.63) is 83.7 Å². The van der Waals surface area contributed by atoms with Crippen LogP contribution in [0.3, 0.4) is 0 Å². The van der Waals surface area contributed by atoms with Gasteiger partial charge in [0.1, 0.15) is 11.3 Å². The van der Waals surface area contributed by atoms with Crippen molar-refractivity contribution in [3.63, 3.8) is 0 Å². The quantitative estimate of drug-likeness (QED) is 0.415. The van der Waals surface area contributed by atoms with E-state index in [1.54, 1.807) is 6.07 Å². The molecule has 0 bridgehead atoms. The first-order valence-corrected chi connectivity index (χ1v) is 10.1. The highest BCUT2D eigenvalue weighted by Gasteiger charge is 2.15. The standard InChI is InChI=1S/C24H22FN5O/c1-29(2)14-17-8-11-22-20(12-17)27-24(31-22)28-23-26-19-13-18(25)9-10-21(19)30(23)15-16-6-4-3-5-7-16/h3-13H,14-15H2,1-2H3,(H,26,27,28). The molecule has 3 aromatic carbocycles. The van der Waals surface area contributed by atoms with Crippen LogP contribution >= 0.6 is 0 Å². The average Bonchev–Trinajstić information content (AvgIpc) is 3.28. The Morgan fingerprint density at radius 1 is 0.935 bits per heavy atom. The molecule has 0 radical (unpaired) electrons. The van der Waals surface area contributed by atoms with Crippen LogP contribution in [0.5, 0.6) is 0 Å². The van der Waals surface area contributed by atoms with Crippen molar-refractivity contribution < 1.29 is 8.81 Å². The van der Waals surface area contributed by atoms with Crippen LogP contribution in [-0.2, 0) is 13.1 Å². The van der Waals surface area contributed by atoms with Crippen molar-refractivity contribution in [1.29, 1.82) is 0 Å². The molecule has 0 unspecified atom stereocenters. The molecule has 0 saturated heterocycles. The molecule has 6 nitrogen and oxygen atoms in total. The summed E-state index contributed by atoms with van der Waals surface area (Å²) in [6, 6.07) is 21.0. The predicted molar refractivity (Wildman–Crippen MR) is 120 cm³/mol. The second-order valence-corrected chi connectivity index (χ2v) is 7.82. The number of halogens is 1. The van der Waals surface area contributed by atoms with Crippen molar-refractivity contribution in [2.24, 2.45) is 0 Å². The maximum absolute atomic E-state index is 13.8. The molecule has 7 heteroatoms. The van der Waals surface area contributed by atoms with Crippen LogP contribution in [0.4, 0.5) is 16.4 Å². The van der Waals surface area contributed by atoms with E-state index < -0.39 is 0 Å². The highest BCUT2D eigenvalue weighted by Crippen LogP contribution is 2.27. The topological polar surface area (TPSA) is 59.1 Å². The van der Waals surface area contributed by atoms with E-state index >= 15 is 0 Å². The lowest BCUT2D eigenvalue weighted by Gasteiger charge is -2.09. The van der Waals surface area contributed by atoms with Crippen LogP contribution in [0, 0.1) is 5.82 Å². The van der Waals surface area contributed by atoms with Crippen LogP contribution in [0.2, 0.25) is 0 Å². The van der Waals surface area contributed by atoms with E-state index in [1.807, 2.05) is 67.2 Å². The Kier molecular flexibility index (Phi) is 4.88. The molecule has 0 aliphatic rings. The Morgan fingerprint density at radius 3 is 2.58 bits per heavy atom. The Hall–Kier alpha value is -3.71. The van der Waals surface area contributed by atoms with E-state index in [0.29, 0.717) is 29.6 Å². The number of hydrogen-bond donors (Lipinski definition) is 1. The summed E-state index contributed by atoms with van der Waals surface area (Å²) in [5.41, 5.74) is 5.14. The fourth-order valence-corrected chi connectivity index (χ4v) is 3.71. The maximum Gasteiger partial charge on any atom is 0.302 e. The smallest absolute Gasteiger partial charge is 0.302 e. The van der Waals surface area contributed by atoms with Gasteiger partial charge in [-0.25, -0.2) is 9.37 Å². The molecule has 0 spiro atoms. The van der Waals surface area contributed by atoms with Gasteiger partial charge in [-0.1, -0.05) is 36.4 Å². The van der Waals surface area contributed by atoms with E-state index in [4.69, 9.17) is 4.42 Å². The van der Waals surface area contributed by atoms with Crippen LogP contribution < -0.4 is 5.32 Å². The van der Waals surface area contributed by atoms with E-state index in [9.17, 15) is 4.39 Å². The van der Waals surface area contributed by atoms with Gasteiger partial charge in [-0.05, 0) is 49.5 Å². The Morgan fingerprint density at radius 2 is 1.77 bits per heavy atom. The zero-order valence-electron chi connectivity index (χ0n) is 17.3. The average molecular weight is 415 g/mol. The van der Waals surface area contributed by atoms with Crippen molar-refractivity contribution in [1.82, 2.24) is 19.4 Å². The number of nitrogens with one attached hydrogen (secondary N) is 1. The third-order valence-electron chi connectivity index (χ3n) is 5.06. The monoisotopic (exact) mass is 415 g/mol. The van der Waals surface area contributed by atoms with E-state index in [-0.39, 0.29) is 5.82 Å². The van der Waals surface area contributed by atoms with Crippen molar-refractivity contribution in [2.75, 3.05) is 19.4 Å². The zero-order valence-corrected chi connectivity index (χ0v) is 17.3. The number of fused-ring (bicyclic) bond motifs is 2. The summed E-state index contributed by atoms with van der Waals surface area (Å²) in [5, 5.41) is 3.19. The molecule has 5 aromatic rings. The normalized spacial score (nSPS) is 11.6. The number of oxazole rings is 1. The first-order chi connectivity index (χ1) is 15.0. The fraction of sp³-hybridized carbons (Fsp3) is 0.167. The minimum Gasteiger partial charge on any atom is -0.423 e. The van der Waals surface area contributed by atoms with Gasteiger partial charge in [-0.2, -0.15) is 4.98 Å². The van der Waals surface area contributed by atoms with Gasteiger partial charge in [0.2, 0.25) is 5.95 Å². The van der Waals surface area contributed by atoms with Crippen molar-refractivity contribution >= 4 is 34.1 Å². The molecule has 0 fully saturated rings. The lowest BCUT2D eigenvalue weighted by Crippen LogP contribution is -2.10. The molecule has 0 atom stereocenters. The Balaban J connectivity index is 1.52. The predicted octanol–water partition coefficient (Wildman–Crippen LogP) is 5.17. The van der Waals surface area contributed by atoms with E-state index in [2.05, 4.69) is 20.2 Å². The summed E-state index contributed by atoms with van der Waals surface area (Å²) in [5.74, 6) is 0.225. The summed E-state index contributed by atoms with van der Waals surface area (Å²) in [7, 11) is 4.06. The lowest BCUT2D eigenvalue weighted by molar-refractivity contribution is 0.402. The Bertz CT molecular complexity index is 1360. The molecule has 2 heterocycles. The first-order valence-electron chi connectivity index (χ1n) is 10.1. The molecule has 1 N–H and O–H groups in total. The third-order valence-corrected chi connectivity index (χ3v) is 5.06. The highest BCUT2D eigenvalue weighted by atomic mass is 19.1. The number of anilines is 2. The Labute approximate surface area is 178 Å². The summed E-state index contributed by atoms with van der Waals surface area (Å²) in [4.78, 5) is 11.3. The zero-order chi connectivity index (χ0) is 21.4. The third kappa shape index (κ3) is 4.00. The van der Waals surface area contributed by atoms with Gasteiger partial charge in [0, 0.05) is 12.6 Å². The first kappa shape index (κ1) is 19.3. The highest BCUT2D eigenvalue weighted by molar-refractivity contribution is 5.80. The number of hydrogen-bond acceptors (Lipinski definition) is 5. The number of rotatable bonds is 6. The van der Waals surface area contributed by atoms with Gasteiger partial charge in [-0.3, -0.25) is 5.32 Å². The fourth-order valence-electron chi connectivity index (χ4n) is 3.71. The largest absolute Gasteiger partial charge is 0.423 e. The van der Waals surface area contributed by atoms with E-state index in [1.165, 1.54) is 12.1 Å². The van der Waals surface area contributed by atoms with Gasteiger partial charge in [-0.15, -0.1) is 0 Å². The van der Waals surface area contributed by atoms with Crippen LogP contribution in [0.15, 0.2) is 71.1 Å². The van der Waals surface area contributed by atoms with Gasteiger partial charge in [0.25, 0.3) is 0 Å². The summed E-state index contributed by atoms with van der Waals surface area (Å²) in [6.45, 7) is 1.41. The second kappa shape index (κ2) is 7.85. The molecule has 0 aliphatic heterocycles. The molecular weight excluding hydrogens is 393 g/mol.